The van der Waals surface area contributed by atoms with Gasteiger partial charge in [-0.2, -0.15) is 5.26 Å². The normalized spacial score (nSPS) is 19.3. The van der Waals surface area contributed by atoms with Crippen LogP contribution in [0, 0.1) is 17.1 Å². The average Bonchev–Trinajstić information content (AvgIpc) is 2.97. The summed E-state index contributed by atoms with van der Waals surface area (Å²) in [5.74, 6) is 0.178. The third-order valence-electron chi connectivity index (χ3n) is 3.51. The Morgan fingerprint density at radius 2 is 2.24 bits per heavy atom. The molecule has 2 aromatic rings. The summed E-state index contributed by atoms with van der Waals surface area (Å²) in [7, 11) is 0. The molecule has 2 heterocycles. The maximum atomic E-state index is 12.9. The zero-order chi connectivity index (χ0) is 14.7. The van der Waals surface area contributed by atoms with Crippen LogP contribution in [0.15, 0.2) is 34.9 Å². The van der Waals surface area contributed by atoms with Gasteiger partial charge in [0.2, 0.25) is 5.89 Å². The lowest BCUT2D eigenvalue weighted by Crippen LogP contribution is -2.50. The Balaban J connectivity index is 1.73. The van der Waals surface area contributed by atoms with Crippen LogP contribution in [0.5, 0.6) is 0 Å². The number of rotatable bonds is 3. The molecule has 108 valence electrons. The summed E-state index contributed by atoms with van der Waals surface area (Å²) < 4.78 is 18.3. The number of oxazole rings is 1. The van der Waals surface area contributed by atoms with Gasteiger partial charge in [-0.15, -0.1) is 0 Å². The molecular formula is C15H15FN4O. The first kappa shape index (κ1) is 13.7. The van der Waals surface area contributed by atoms with Crippen molar-refractivity contribution in [2.24, 2.45) is 0 Å². The number of hydrogen-bond acceptors (Lipinski definition) is 5. The van der Waals surface area contributed by atoms with Gasteiger partial charge in [0.15, 0.2) is 0 Å². The lowest BCUT2D eigenvalue weighted by molar-refractivity contribution is 0.187. The molecular weight excluding hydrogens is 271 g/mol. The van der Waals surface area contributed by atoms with Crippen molar-refractivity contribution >= 4 is 0 Å². The number of nitrogens with zero attached hydrogens (tertiary/aromatic N) is 3. The molecule has 3 rings (SSSR count). The van der Waals surface area contributed by atoms with E-state index in [1.807, 2.05) is 0 Å². The van der Waals surface area contributed by atoms with Crippen LogP contribution in [0.2, 0.25) is 0 Å². The highest BCUT2D eigenvalue weighted by Crippen LogP contribution is 2.20. The minimum absolute atomic E-state index is 0.148. The fourth-order valence-electron chi connectivity index (χ4n) is 2.38. The Morgan fingerprint density at radius 1 is 1.43 bits per heavy atom. The summed E-state index contributed by atoms with van der Waals surface area (Å²) >= 11 is 0. The molecule has 0 amide bonds. The quantitative estimate of drug-likeness (QED) is 0.931. The van der Waals surface area contributed by atoms with E-state index >= 15 is 0 Å². The van der Waals surface area contributed by atoms with Gasteiger partial charge < -0.3 is 9.73 Å². The number of benzene rings is 1. The van der Waals surface area contributed by atoms with Crippen molar-refractivity contribution in [2.75, 3.05) is 19.6 Å². The second-order valence-corrected chi connectivity index (χ2v) is 4.97. The van der Waals surface area contributed by atoms with Crippen LogP contribution in [0.25, 0.3) is 11.5 Å². The van der Waals surface area contributed by atoms with Crippen molar-refractivity contribution in [1.82, 2.24) is 15.2 Å². The molecule has 0 saturated carbocycles. The van der Waals surface area contributed by atoms with E-state index in [0.717, 1.165) is 24.3 Å². The molecule has 1 unspecified atom stereocenters. The van der Waals surface area contributed by atoms with Gasteiger partial charge in [-0.25, -0.2) is 9.37 Å². The molecule has 1 aromatic carbocycles. The predicted molar refractivity (Wildman–Crippen MR) is 74.6 cm³/mol. The maximum Gasteiger partial charge on any atom is 0.226 e. The van der Waals surface area contributed by atoms with Crippen LogP contribution < -0.4 is 5.32 Å². The van der Waals surface area contributed by atoms with Crippen molar-refractivity contribution in [2.45, 2.75) is 12.6 Å². The SMILES string of the molecule is N#CC1CNCCN1Cc1coc(-c2ccc(F)cc2)n1. The molecule has 1 N–H and O–H groups in total. The monoisotopic (exact) mass is 286 g/mol. The van der Waals surface area contributed by atoms with Crippen molar-refractivity contribution in [3.05, 3.63) is 42.0 Å². The van der Waals surface area contributed by atoms with E-state index in [9.17, 15) is 4.39 Å². The first-order chi connectivity index (χ1) is 10.3. The Labute approximate surface area is 122 Å². The smallest absolute Gasteiger partial charge is 0.226 e. The summed E-state index contributed by atoms with van der Waals surface area (Å²) in [6, 6.07) is 8.15. The molecule has 1 fully saturated rings. The van der Waals surface area contributed by atoms with Gasteiger partial charge >= 0.3 is 0 Å². The van der Waals surface area contributed by atoms with Crippen molar-refractivity contribution in [3.63, 3.8) is 0 Å². The maximum absolute atomic E-state index is 12.9. The fraction of sp³-hybridized carbons (Fsp3) is 0.333. The lowest BCUT2D eigenvalue weighted by Gasteiger charge is -2.30. The van der Waals surface area contributed by atoms with Crippen LogP contribution in [0.4, 0.5) is 4.39 Å². The second kappa shape index (κ2) is 6.04. The van der Waals surface area contributed by atoms with Crippen molar-refractivity contribution < 1.29 is 8.81 Å². The summed E-state index contributed by atoms with van der Waals surface area (Å²) in [4.78, 5) is 6.48. The number of hydrogen-bond donors (Lipinski definition) is 1. The van der Waals surface area contributed by atoms with Gasteiger partial charge in [-0.05, 0) is 24.3 Å². The molecule has 0 spiro atoms. The Morgan fingerprint density at radius 3 is 3.00 bits per heavy atom. The first-order valence-corrected chi connectivity index (χ1v) is 6.81. The standard InChI is InChI=1S/C15H15FN4O/c16-12-3-1-11(2-4-12)15-19-13(10-21-15)9-20-6-5-18-8-14(20)7-17/h1-4,10,14,18H,5-6,8-9H2. The molecule has 0 aliphatic carbocycles. The van der Waals surface area contributed by atoms with Crippen LogP contribution >= 0.6 is 0 Å². The van der Waals surface area contributed by atoms with Gasteiger partial charge in [0.05, 0.1) is 11.8 Å². The number of nitriles is 1. The predicted octanol–water partition coefficient (Wildman–Crippen LogP) is 1.78. The molecule has 21 heavy (non-hydrogen) atoms. The highest BCUT2D eigenvalue weighted by molar-refractivity contribution is 5.52. The lowest BCUT2D eigenvalue weighted by atomic mass is 10.2. The van der Waals surface area contributed by atoms with E-state index in [-0.39, 0.29) is 11.9 Å². The van der Waals surface area contributed by atoms with E-state index < -0.39 is 0 Å². The second-order valence-electron chi connectivity index (χ2n) is 4.97. The van der Waals surface area contributed by atoms with Crippen LogP contribution in [-0.2, 0) is 6.54 Å². The van der Waals surface area contributed by atoms with Gasteiger partial charge in [-0.3, -0.25) is 4.90 Å². The van der Waals surface area contributed by atoms with E-state index in [0.29, 0.717) is 19.0 Å². The fourth-order valence-corrected chi connectivity index (χ4v) is 2.38. The number of aromatic nitrogens is 1. The van der Waals surface area contributed by atoms with Crippen LogP contribution in [-0.4, -0.2) is 35.6 Å². The molecule has 1 saturated heterocycles. The number of halogens is 1. The highest BCUT2D eigenvalue weighted by Gasteiger charge is 2.22. The summed E-state index contributed by atoms with van der Waals surface area (Å²) in [5.41, 5.74) is 1.51. The zero-order valence-corrected chi connectivity index (χ0v) is 11.4. The molecule has 5 nitrogen and oxygen atoms in total. The van der Waals surface area contributed by atoms with Crippen molar-refractivity contribution in [1.29, 1.82) is 5.26 Å². The average molecular weight is 286 g/mol. The number of piperazine rings is 1. The first-order valence-electron chi connectivity index (χ1n) is 6.81. The minimum Gasteiger partial charge on any atom is -0.444 e. The van der Waals surface area contributed by atoms with Gasteiger partial charge in [-0.1, -0.05) is 0 Å². The van der Waals surface area contributed by atoms with Crippen molar-refractivity contribution in [3.8, 4) is 17.5 Å². The Kier molecular flexibility index (Phi) is 3.95. The molecule has 1 aromatic heterocycles. The van der Waals surface area contributed by atoms with Crippen LogP contribution in [0.3, 0.4) is 0 Å². The summed E-state index contributed by atoms with van der Waals surface area (Å²) in [5, 5.41) is 12.3. The number of nitrogens with one attached hydrogen (secondary N) is 1. The van der Waals surface area contributed by atoms with Gasteiger partial charge in [0.1, 0.15) is 18.1 Å². The van der Waals surface area contributed by atoms with E-state index in [4.69, 9.17) is 9.68 Å². The molecule has 1 aliphatic heterocycles. The van der Waals surface area contributed by atoms with Gasteiger partial charge in [0.25, 0.3) is 0 Å². The zero-order valence-electron chi connectivity index (χ0n) is 11.4. The van der Waals surface area contributed by atoms with E-state index in [1.165, 1.54) is 12.1 Å². The summed E-state index contributed by atoms with van der Waals surface area (Å²) in [6.45, 7) is 2.90. The van der Waals surface area contributed by atoms with E-state index in [1.54, 1.807) is 18.4 Å². The summed E-state index contributed by atoms with van der Waals surface area (Å²) in [6.07, 6.45) is 1.59. The minimum atomic E-state index is -0.289. The van der Waals surface area contributed by atoms with Crippen LogP contribution in [0.1, 0.15) is 5.69 Å². The topological polar surface area (TPSA) is 65.1 Å². The Bertz CT molecular complexity index is 646. The van der Waals surface area contributed by atoms with Gasteiger partial charge in [0, 0.05) is 31.7 Å². The highest BCUT2D eigenvalue weighted by atomic mass is 19.1. The molecule has 1 atom stereocenters. The Hall–Kier alpha value is -2.23. The molecule has 0 radical (unpaired) electrons. The molecule has 1 aliphatic rings. The largest absolute Gasteiger partial charge is 0.444 e. The third-order valence-corrected chi connectivity index (χ3v) is 3.51. The van der Waals surface area contributed by atoms with E-state index in [2.05, 4.69) is 21.3 Å². The molecule has 0 bridgehead atoms. The molecule has 6 heteroatoms. The third kappa shape index (κ3) is 3.10.